The van der Waals surface area contributed by atoms with Crippen molar-refractivity contribution in [3.05, 3.63) is 12.4 Å². The third-order valence-corrected chi connectivity index (χ3v) is 7.49. The molecule has 2 aliphatic heterocycles. The van der Waals surface area contributed by atoms with E-state index in [4.69, 9.17) is 14.2 Å². The fourth-order valence-electron chi connectivity index (χ4n) is 5.08. The predicted molar refractivity (Wildman–Crippen MR) is 116 cm³/mol. The molecular weight excluding hydrogens is 434 g/mol. The van der Waals surface area contributed by atoms with Crippen LogP contribution in [0.15, 0.2) is 17.4 Å². The summed E-state index contributed by atoms with van der Waals surface area (Å²) in [5.41, 5.74) is 0. The molecule has 1 saturated carbocycles. The van der Waals surface area contributed by atoms with Crippen LogP contribution in [0, 0.1) is 0 Å². The Balaban J connectivity index is 1.23. The van der Waals surface area contributed by atoms with Gasteiger partial charge in [-0.25, -0.2) is 23.2 Å². The van der Waals surface area contributed by atoms with E-state index in [0.717, 1.165) is 57.6 Å². The van der Waals surface area contributed by atoms with E-state index in [0.29, 0.717) is 5.88 Å². The summed E-state index contributed by atoms with van der Waals surface area (Å²) in [6.45, 7) is 3.76. The molecule has 0 aromatic carbocycles. The van der Waals surface area contributed by atoms with Crippen LogP contribution >= 0.6 is 0 Å². The van der Waals surface area contributed by atoms with Crippen molar-refractivity contribution in [3.63, 3.8) is 0 Å². The third-order valence-electron chi connectivity index (χ3n) is 6.52. The average Bonchev–Trinajstić information content (AvgIpc) is 3.00. The Hall–Kier alpha value is -1.94. The topological polar surface area (TPSA) is 108 Å². The van der Waals surface area contributed by atoms with Crippen LogP contribution in [0.25, 0.3) is 0 Å². The number of ether oxygens (including phenoxy) is 3. The van der Waals surface area contributed by atoms with Gasteiger partial charge in [0.2, 0.25) is 5.88 Å². The van der Waals surface area contributed by atoms with Crippen LogP contribution < -0.4 is 4.74 Å². The second kappa shape index (κ2) is 9.51. The van der Waals surface area contributed by atoms with E-state index in [1.807, 2.05) is 18.7 Å². The number of nitrogens with zero attached hydrogens (tertiary/aromatic N) is 3. The maximum Gasteiger partial charge on any atom is 0.410 e. The molecule has 9 nitrogen and oxygen atoms in total. The molecule has 3 heterocycles. The van der Waals surface area contributed by atoms with Crippen LogP contribution in [0.2, 0.25) is 0 Å². The number of aromatic nitrogens is 2. The zero-order valence-electron chi connectivity index (χ0n) is 19.0. The highest BCUT2D eigenvalue weighted by Crippen LogP contribution is 2.39. The summed E-state index contributed by atoms with van der Waals surface area (Å²) in [5, 5.41) is -0.0561. The molecule has 0 N–H and O–H groups in total. The molecule has 0 spiro atoms. The molecule has 178 valence electrons. The summed E-state index contributed by atoms with van der Waals surface area (Å²) in [5.74, 6) is 0.346. The van der Waals surface area contributed by atoms with Gasteiger partial charge in [0.1, 0.15) is 6.10 Å². The predicted octanol–water partition coefficient (Wildman–Crippen LogP) is 3.13. The van der Waals surface area contributed by atoms with Gasteiger partial charge >= 0.3 is 6.09 Å². The maximum absolute atomic E-state index is 12.4. The molecule has 1 aliphatic carbocycles. The van der Waals surface area contributed by atoms with Gasteiger partial charge in [-0.2, -0.15) is 0 Å². The number of piperidine rings is 1. The Morgan fingerprint density at radius 3 is 2.12 bits per heavy atom. The first-order valence-electron chi connectivity index (χ1n) is 11.5. The van der Waals surface area contributed by atoms with Crippen molar-refractivity contribution < 1.29 is 27.4 Å². The van der Waals surface area contributed by atoms with Crippen LogP contribution in [0.3, 0.4) is 0 Å². The molecule has 0 unspecified atom stereocenters. The van der Waals surface area contributed by atoms with Crippen molar-refractivity contribution in [2.45, 2.75) is 107 Å². The molecule has 2 bridgehead atoms. The van der Waals surface area contributed by atoms with E-state index in [-0.39, 0.29) is 47.6 Å². The minimum atomic E-state index is -3.37. The van der Waals surface area contributed by atoms with Crippen molar-refractivity contribution in [1.29, 1.82) is 0 Å². The largest absolute Gasteiger partial charge is 0.473 e. The van der Waals surface area contributed by atoms with E-state index in [9.17, 15) is 13.2 Å². The summed E-state index contributed by atoms with van der Waals surface area (Å²) >= 11 is 0. The monoisotopic (exact) mass is 467 g/mol. The zero-order valence-corrected chi connectivity index (χ0v) is 19.8. The SMILES string of the molecule is CC(C)OC(=O)N1[C@H]2CC[C@H]1CC(OC1CCC(Oc3cnc(S(C)(=O)=O)cn3)CC1)C2. The highest BCUT2D eigenvalue weighted by molar-refractivity contribution is 7.90. The zero-order chi connectivity index (χ0) is 22.9. The molecule has 4 rings (SSSR count). The van der Waals surface area contributed by atoms with Crippen LogP contribution in [0.4, 0.5) is 4.79 Å². The Morgan fingerprint density at radius 2 is 1.59 bits per heavy atom. The van der Waals surface area contributed by atoms with E-state index in [1.54, 1.807) is 0 Å². The lowest BCUT2D eigenvalue weighted by atomic mass is 9.93. The fraction of sp³-hybridized carbons (Fsp3) is 0.773. The fourth-order valence-corrected chi connectivity index (χ4v) is 5.57. The van der Waals surface area contributed by atoms with Crippen molar-refractivity contribution in [2.24, 2.45) is 0 Å². The minimum absolute atomic E-state index is 0.0251. The summed E-state index contributed by atoms with van der Waals surface area (Å²) in [6.07, 6.45) is 11.2. The smallest absolute Gasteiger partial charge is 0.410 e. The Labute approximate surface area is 189 Å². The number of rotatable bonds is 6. The van der Waals surface area contributed by atoms with Gasteiger partial charge in [0.05, 0.1) is 30.7 Å². The Bertz CT molecular complexity index is 885. The second-order valence-electron chi connectivity index (χ2n) is 9.44. The molecule has 0 radical (unpaired) electrons. The average molecular weight is 468 g/mol. The van der Waals surface area contributed by atoms with Gasteiger partial charge < -0.3 is 19.1 Å². The highest BCUT2D eigenvalue weighted by Gasteiger charge is 2.45. The van der Waals surface area contributed by atoms with E-state index in [1.165, 1.54) is 12.4 Å². The maximum atomic E-state index is 12.4. The molecule has 2 atom stereocenters. The number of sulfone groups is 1. The summed E-state index contributed by atoms with van der Waals surface area (Å²) < 4.78 is 40.8. The molecule has 2 saturated heterocycles. The number of hydrogen-bond acceptors (Lipinski definition) is 8. The first-order chi connectivity index (χ1) is 15.2. The second-order valence-corrected chi connectivity index (χ2v) is 11.4. The van der Waals surface area contributed by atoms with Gasteiger partial charge in [-0.1, -0.05) is 0 Å². The third kappa shape index (κ3) is 5.51. The van der Waals surface area contributed by atoms with Gasteiger partial charge in [0.15, 0.2) is 14.9 Å². The van der Waals surface area contributed by atoms with Crippen LogP contribution in [0.1, 0.15) is 65.2 Å². The lowest BCUT2D eigenvalue weighted by molar-refractivity contribution is -0.0789. The van der Waals surface area contributed by atoms with E-state index < -0.39 is 9.84 Å². The van der Waals surface area contributed by atoms with Gasteiger partial charge in [-0.15, -0.1) is 0 Å². The van der Waals surface area contributed by atoms with E-state index in [2.05, 4.69) is 9.97 Å². The lowest BCUT2D eigenvalue weighted by Crippen LogP contribution is -2.50. The number of hydrogen-bond donors (Lipinski definition) is 0. The molecule has 10 heteroatoms. The van der Waals surface area contributed by atoms with Crippen molar-refractivity contribution in [3.8, 4) is 5.88 Å². The van der Waals surface area contributed by atoms with Gasteiger partial charge in [-0.05, 0) is 65.2 Å². The first-order valence-corrected chi connectivity index (χ1v) is 13.4. The molecule has 1 amide bonds. The number of carbonyl (C=O) groups excluding carboxylic acids is 1. The number of amides is 1. The normalized spacial score (nSPS) is 30.4. The summed E-state index contributed by atoms with van der Waals surface area (Å²) in [4.78, 5) is 22.4. The van der Waals surface area contributed by atoms with Crippen LogP contribution in [0.5, 0.6) is 5.88 Å². The van der Waals surface area contributed by atoms with Gasteiger partial charge in [0.25, 0.3) is 0 Å². The van der Waals surface area contributed by atoms with E-state index >= 15 is 0 Å². The molecule has 1 aromatic rings. The lowest BCUT2D eigenvalue weighted by Gasteiger charge is -2.40. The summed E-state index contributed by atoms with van der Waals surface area (Å²) in [7, 11) is -3.37. The van der Waals surface area contributed by atoms with Crippen molar-refractivity contribution in [2.75, 3.05) is 6.26 Å². The number of fused-ring (bicyclic) bond motifs is 2. The first kappa shape index (κ1) is 23.2. The van der Waals surface area contributed by atoms with Gasteiger partial charge in [-0.3, -0.25) is 0 Å². The molecule has 3 fully saturated rings. The summed E-state index contributed by atoms with van der Waals surface area (Å²) in [6, 6.07) is 0.441. The van der Waals surface area contributed by atoms with Crippen molar-refractivity contribution in [1.82, 2.24) is 14.9 Å². The minimum Gasteiger partial charge on any atom is -0.473 e. The Morgan fingerprint density at radius 1 is 0.969 bits per heavy atom. The standard InChI is InChI=1S/C22H33N3O6S/c1-14(2)29-22(26)25-15-4-5-16(25)11-19(10-15)30-17-6-8-18(9-7-17)31-20-12-24-21(13-23-20)32(3,27)28/h12-19H,4-11H2,1-3H3/t15-,16-,17?,18?/m0/s1. The van der Waals surface area contributed by atoms with Crippen LogP contribution in [-0.4, -0.2) is 72.1 Å². The number of carbonyl (C=O) groups is 1. The molecule has 32 heavy (non-hydrogen) atoms. The Kier molecular flexibility index (Phi) is 6.90. The molecule has 1 aromatic heterocycles. The molecule has 3 aliphatic rings. The van der Waals surface area contributed by atoms with Gasteiger partial charge in [0, 0.05) is 18.3 Å². The van der Waals surface area contributed by atoms with Crippen molar-refractivity contribution >= 4 is 15.9 Å². The molecular formula is C22H33N3O6S. The van der Waals surface area contributed by atoms with Crippen LogP contribution in [-0.2, 0) is 19.3 Å². The quantitative estimate of drug-likeness (QED) is 0.628. The highest BCUT2D eigenvalue weighted by atomic mass is 32.2.